The fraction of sp³-hybridized carbons (Fsp3) is 0.0714. The van der Waals surface area contributed by atoms with Gasteiger partial charge in [0.15, 0.2) is 0 Å². The van der Waals surface area contributed by atoms with Gasteiger partial charge in [-0.25, -0.2) is 0 Å². The first kappa shape index (κ1) is 21.3. The third-order valence-corrected chi connectivity index (χ3v) is 5.75. The fourth-order valence-corrected chi connectivity index (χ4v) is 4.03. The molecule has 3 aromatic carbocycles. The highest BCUT2D eigenvalue weighted by molar-refractivity contribution is 6.09. The molecule has 2 heterocycles. The van der Waals surface area contributed by atoms with Crippen LogP contribution in [0.2, 0.25) is 0 Å². The zero-order chi connectivity index (χ0) is 23.5. The average Bonchev–Trinajstić information content (AvgIpc) is 3.21. The van der Waals surface area contributed by atoms with Gasteiger partial charge in [-0.2, -0.15) is 0 Å². The van der Waals surface area contributed by atoms with Crippen molar-refractivity contribution >= 4 is 39.5 Å². The summed E-state index contributed by atoms with van der Waals surface area (Å²) >= 11 is 0. The van der Waals surface area contributed by atoms with Gasteiger partial charge in [0.1, 0.15) is 5.75 Å². The van der Waals surface area contributed by atoms with Crippen LogP contribution in [0.4, 0.5) is 5.69 Å². The third kappa shape index (κ3) is 4.21. The Hall–Kier alpha value is -4.58. The molecule has 0 unspecified atom stereocenters. The van der Waals surface area contributed by atoms with E-state index in [1.54, 1.807) is 25.3 Å². The number of carbonyl (C=O) groups is 1. The second-order valence-electron chi connectivity index (χ2n) is 7.96. The molecule has 5 rings (SSSR count). The summed E-state index contributed by atoms with van der Waals surface area (Å²) in [5.41, 5.74) is 11.2. The Bertz CT molecular complexity index is 1500. The Morgan fingerprint density at radius 2 is 1.76 bits per heavy atom. The van der Waals surface area contributed by atoms with Crippen molar-refractivity contribution in [2.24, 2.45) is 0 Å². The SMILES string of the molecule is COc1ccc(-n2c3ccccc3c3cc(CNC(=O)/C=C/c4ccc(N)cc4)ncc32)cc1. The standard InChI is InChI=1S/C28H24N4O2/c1-34-23-13-11-22(12-14-23)32-26-5-3-2-4-24(26)25-16-21(30-18-27(25)32)17-31-28(33)15-8-19-6-9-20(29)10-7-19/h2-16,18H,17,29H2,1H3,(H,31,33)/b15-8+. The molecule has 0 fully saturated rings. The number of nitrogen functional groups attached to an aromatic ring is 1. The van der Waals surface area contributed by atoms with E-state index < -0.39 is 0 Å². The van der Waals surface area contributed by atoms with Crippen LogP contribution in [-0.2, 0) is 11.3 Å². The highest BCUT2D eigenvalue weighted by Crippen LogP contribution is 2.32. The Morgan fingerprint density at radius 3 is 2.53 bits per heavy atom. The number of fused-ring (bicyclic) bond motifs is 3. The van der Waals surface area contributed by atoms with Crippen LogP contribution in [0.5, 0.6) is 5.75 Å². The molecular weight excluding hydrogens is 424 g/mol. The minimum absolute atomic E-state index is 0.181. The maximum absolute atomic E-state index is 12.3. The molecular formula is C28H24N4O2. The van der Waals surface area contributed by atoms with Crippen molar-refractivity contribution < 1.29 is 9.53 Å². The summed E-state index contributed by atoms with van der Waals surface area (Å²) < 4.78 is 7.49. The number of aromatic nitrogens is 2. The van der Waals surface area contributed by atoms with Crippen molar-refractivity contribution in [2.45, 2.75) is 6.54 Å². The monoisotopic (exact) mass is 448 g/mol. The number of nitrogens with one attached hydrogen (secondary N) is 1. The van der Waals surface area contributed by atoms with Crippen molar-refractivity contribution in [1.29, 1.82) is 0 Å². The largest absolute Gasteiger partial charge is 0.497 e. The predicted molar refractivity (Wildman–Crippen MR) is 137 cm³/mol. The van der Waals surface area contributed by atoms with Crippen LogP contribution >= 0.6 is 0 Å². The van der Waals surface area contributed by atoms with Crippen molar-refractivity contribution in [2.75, 3.05) is 12.8 Å². The van der Waals surface area contributed by atoms with Crippen LogP contribution in [0.25, 0.3) is 33.6 Å². The molecule has 3 N–H and O–H groups in total. The van der Waals surface area contributed by atoms with Gasteiger partial charge in [0.2, 0.25) is 5.91 Å². The number of para-hydroxylation sites is 1. The van der Waals surface area contributed by atoms with Crippen LogP contribution in [0, 0.1) is 0 Å². The number of ether oxygens (including phenoxy) is 1. The molecule has 6 nitrogen and oxygen atoms in total. The first-order valence-electron chi connectivity index (χ1n) is 11.0. The number of hydrogen-bond donors (Lipinski definition) is 2. The summed E-state index contributed by atoms with van der Waals surface area (Å²) in [6, 6.07) is 25.6. The van der Waals surface area contributed by atoms with E-state index in [0.29, 0.717) is 12.2 Å². The molecule has 0 aliphatic carbocycles. The van der Waals surface area contributed by atoms with Gasteiger partial charge < -0.3 is 20.4 Å². The maximum Gasteiger partial charge on any atom is 0.244 e. The van der Waals surface area contributed by atoms with E-state index in [9.17, 15) is 4.79 Å². The maximum atomic E-state index is 12.3. The number of pyridine rings is 1. The van der Waals surface area contributed by atoms with Crippen LogP contribution in [0.3, 0.4) is 0 Å². The number of methoxy groups -OCH3 is 1. The smallest absolute Gasteiger partial charge is 0.244 e. The van der Waals surface area contributed by atoms with Gasteiger partial charge in [-0.1, -0.05) is 30.3 Å². The molecule has 2 aromatic heterocycles. The van der Waals surface area contributed by atoms with Gasteiger partial charge in [0, 0.05) is 28.2 Å². The highest BCUT2D eigenvalue weighted by Gasteiger charge is 2.13. The molecule has 0 spiro atoms. The number of nitrogens with zero attached hydrogens (tertiary/aromatic N) is 2. The van der Waals surface area contributed by atoms with Gasteiger partial charge in [-0.15, -0.1) is 0 Å². The summed E-state index contributed by atoms with van der Waals surface area (Å²) in [6.45, 7) is 0.336. The van der Waals surface area contributed by atoms with E-state index in [0.717, 1.165) is 44.5 Å². The number of anilines is 1. The van der Waals surface area contributed by atoms with Crippen molar-refractivity contribution in [3.8, 4) is 11.4 Å². The van der Waals surface area contributed by atoms with Gasteiger partial charge in [0.25, 0.3) is 0 Å². The van der Waals surface area contributed by atoms with Crippen LogP contribution in [0.1, 0.15) is 11.3 Å². The zero-order valence-corrected chi connectivity index (χ0v) is 18.7. The first-order valence-corrected chi connectivity index (χ1v) is 11.0. The Kier molecular flexibility index (Phi) is 5.70. The predicted octanol–water partition coefficient (Wildman–Crippen LogP) is 5.10. The molecule has 0 bridgehead atoms. The Labute approximate surface area is 197 Å². The number of hydrogen-bond acceptors (Lipinski definition) is 4. The van der Waals surface area contributed by atoms with E-state index in [1.165, 1.54) is 6.08 Å². The molecule has 34 heavy (non-hydrogen) atoms. The molecule has 0 atom stereocenters. The molecule has 0 saturated heterocycles. The molecule has 0 aliphatic rings. The van der Waals surface area contributed by atoms with Crippen molar-refractivity contribution in [3.05, 3.63) is 102 Å². The van der Waals surface area contributed by atoms with Crippen molar-refractivity contribution in [1.82, 2.24) is 14.9 Å². The Balaban J connectivity index is 1.41. The fourth-order valence-electron chi connectivity index (χ4n) is 4.03. The topological polar surface area (TPSA) is 82.2 Å². The lowest BCUT2D eigenvalue weighted by Gasteiger charge is -2.09. The average molecular weight is 449 g/mol. The lowest BCUT2D eigenvalue weighted by atomic mass is 10.1. The molecule has 6 heteroatoms. The summed E-state index contributed by atoms with van der Waals surface area (Å²) in [5, 5.41) is 5.13. The second-order valence-corrected chi connectivity index (χ2v) is 7.96. The number of carbonyl (C=O) groups excluding carboxylic acids is 1. The molecule has 168 valence electrons. The highest BCUT2D eigenvalue weighted by atomic mass is 16.5. The second kappa shape index (κ2) is 9.11. The summed E-state index contributed by atoms with van der Waals surface area (Å²) in [7, 11) is 1.66. The zero-order valence-electron chi connectivity index (χ0n) is 18.7. The molecule has 1 amide bonds. The van der Waals surface area contributed by atoms with Gasteiger partial charge in [0.05, 0.1) is 36.6 Å². The summed E-state index contributed by atoms with van der Waals surface area (Å²) in [4.78, 5) is 16.9. The van der Waals surface area contributed by atoms with Crippen LogP contribution in [-0.4, -0.2) is 22.6 Å². The molecule has 5 aromatic rings. The lowest BCUT2D eigenvalue weighted by molar-refractivity contribution is -0.116. The van der Waals surface area contributed by atoms with E-state index in [-0.39, 0.29) is 5.91 Å². The lowest BCUT2D eigenvalue weighted by Crippen LogP contribution is -2.20. The third-order valence-electron chi connectivity index (χ3n) is 5.75. The summed E-state index contributed by atoms with van der Waals surface area (Å²) in [5.74, 6) is 0.630. The first-order chi connectivity index (χ1) is 16.6. The minimum atomic E-state index is -0.181. The number of amides is 1. The minimum Gasteiger partial charge on any atom is -0.497 e. The Morgan fingerprint density at radius 1 is 1.00 bits per heavy atom. The normalized spacial score (nSPS) is 11.3. The molecule has 0 aliphatic heterocycles. The van der Waals surface area contributed by atoms with Gasteiger partial charge >= 0.3 is 0 Å². The van der Waals surface area contributed by atoms with E-state index in [1.807, 2.05) is 60.8 Å². The quantitative estimate of drug-likeness (QED) is 0.280. The van der Waals surface area contributed by atoms with Gasteiger partial charge in [-0.3, -0.25) is 9.78 Å². The molecule has 0 saturated carbocycles. The number of benzene rings is 3. The van der Waals surface area contributed by atoms with Crippen LogP contribution in [0.15, 0.2) is 91.1 Å². The molecule has 0 radical (unpaired) electrons. The number of nitrogens with two attached hydrogens (primary N) is 1. The van der Waals surface area contributed by atoms with E-state index in [2.05, 4.69) is 27.0 Å². The van der Waals surface area contributed by atoms with E-state index in [4.69, 9.17) is 10.5 Å². The van der Waals surface area contributed by atoms with Crippen molar-refractivity contribution in [3.63, 3.8) is 0 Å². The van der Waals surface area contributed by atoms with Gasteiger partial charge in [-0.05, 0) is 60.2 Å². The van der Waals surface area contributed by atoms with Crippen LogP contribution < -0.4 is 15.8 Å². The summed E-state index contributed by atoms with van der Waals surface area (Å²) in [6.07, 6.45) is 5.14. The van der Waals surface area contributed by atoms with E-state index >= 15 is 0 Å². The number of rotatable bonds is 6.